The summed E-state index contributed by atoms with van der Waals surface area (Å²) in [4.78, 5) is 6.44. The van der Waals surface area contributed by atoms with E-state index in [0.29, 0.717) is 5.15 Å². The molecule has 18 heavy (non-hydrogen) atoms. The number of hydrogen-bond donors (Lipinski definition) is 0. The van der Waals surface area contributed by atoms with Crippen LogP contribution in [0.25, 0.3) is 10.8 Å². The van der Waals surface area contributed by atoms with Crippen molar-refractivity contribution in [2.45, 2.75) is 13.0 Å². The van der Waals surface area contributed by atoms with Crippen LogP contribution in [0.3, 0.4) is 0 Å². The SMILES string of the molecule is CC1CN(c2ccc3c(Cl)nccc3c2)CCO1. The molecule has 1 fully saturated rings. The van der Waals surface area contributed by atoms with Gasteiger partial charge in [-0.1, -0.05) is 11.6 Å². The van der Waals surface area contributed by atoms with Crippen LogP contribution in [0.2, 0.25) is 5.15 Å². The molecule has 0 N–H and O–H groups in total. The van der Waals surface area contributed by atoms with Crippen molar-refractivity contribution in [1.29, 1.82) is 0 Å². The van der Waals surface area contributed by atoms with Gasteiger partial charge in [-0.25, -0.2) is 4.98 Å². The minimum atomic E-state index is 0.287. The maximum atomic E-state index is 6.07. The van der Waals surface area contributed by atoms with Crippen molar-refractivity contribution in [3.05, 3.63) is 35.6 Å². The maximum absolute atomic E-state index is 6.07. The molecule has 0 saturated carbocycles. The Balaban J connectivity index is 1.98. The van der Waals surface area contributed by atoms with Crippen LogP contribution in [0.15, 0.2) is 30.5 Å². The fourth-order valence-electron chi connectivity index (χ4n) is 2.38. The number of rotatable bonds is 1. The Hall–Kier alpha value is -1.32. The zero-order chi connectivity index (χ0) is 12.5. The van der Waals surface area contributed by atoms with Gasteiger partial charge in [0.1, 0.15) is 5.15 Å². The minimum absolute atomic E-state index is 0.287. The molecule has 1 aromatic heterocycles. The number of fused-ring (bicyclic) bond motifs is 1. The topological polar surface area (TPSA) is 25.4 Å². The summed E-state index contributed by atoms with van der Waals surface area (Å²) in [6, 6.07) is 8.31. The van der Waals surface area contributed by atoms with Gasteiger partial charge in [0.15, 0.2) is 0 Å². The van der Waals surface area contributed by atoms with Crippen LogP contribution in [-0.2, 0) is 4.74 Å². The summed E-state index contributed by atoms with van der Waals surface area (Å²) < 4.78 is 5.56. The maximum Gasteiger partial charge on any atom is 0.136 e. The predicted octanol–water partition coefficient (Wildman–Crippen LogP) is 3.11. The molecule has 1 saturated heterocycles. The number of ether oxygens (including phenoxy) is 1. The van der Waals surface area contributed by atoms with Crippen molar-refractivity contribution in [2.75, 3.05) is 24.6 Å². The van der Waals surface area contributed by atoms with Gasteiger partial charge in [-0.2, -0.15) is 0 Å². The van der Waals surface area contributed by atoms with E-state index in [1.54, 1.807) is 6.20 Å². The summed E-state index contributed by atoms with van der Waals surface area (Å²) in [5.74, 6) is 0. The zero-order valence-electron chi connectivity index (χ0n) is 10.3. The molecule has 0 amide bonds. The van der Waals surface area contributed by atoms with E-state index in [0.717, 1.165) is 30.5 Å². The standard InChI is InChI=1S/C14H15ClN2O/c1-10-9-17(6-7-18-10)12-2-3-13-11(8-12)4-5-16-14(13)15/h2-5,8,10H,6-7,9H2,1H3. The molecular formula is C14H15ClN2O. The zero-order valence-corrected chi connectivity index (χ0v) is 11.0. The van der Waals surface area contributed by atoms with E-state index in [2.05, 4.69) is 28.9 Å². The molecule has 0 spiro atoms. The number of morpholine rings is 1. The van der Waals surface area contributed by atoms with Crippen molar-refractivity contribution in [1.82, 2.24) is 4.98 Å². The Labute approximate surface area is 111 Å². The average molecular weight is 263 g/mol. The molecule has 0 aliphatic carbocycles. The van der Waals surface area contributed by atoms with Crippen molar-refractivity contribution in [2.24, 2.45) is 0 Å². The number of pyridine rings is 1. The number of halogens is 1. The predicted molar refractivity (Wildman–Crippen MR) is 74.4 cm³/mol. The first-order valence-electron chi connectivity index (χ1n) is 6.15. The second-order valence-corrected chi connectivity index (χ2v) is 4.99. The van der Waals surface area contributed by atoms with Crippen LogP contribution in [0.1, 0.15) is 6.92 Å². The second kappa shape index (κ2) is 4.75. The van der Waals surface area contributed by atoms with Crippen LogP contribution >= 0.6 is 11.6 Å². The smallest absolute Gasteiger partial charge is 0.136 e. The summed E-state index contributed by atoms with van der Waals surface area (Å²) in [5.41, 5.74) is 1.22. The van der Waals surface area contributed by atoms with Gasteiger partial charge in [-0.05, 0) is 36.6 Å². The molecule has 1 aliphatic heterocycles. The monoisotopic (exact) mass is 262 g/mol. The van der Waals surface area contributed by atoms with Gasteiger partial charge in [-0.15, -0.1) is 0 Å². The lowest BCUT2D eigenvalue weighted by atomic mass is 10.1. The molecule has 1 aliphatic rings. The highest BCUT2D eigenvalue weighted by atomic mass is 35.5. The highest BCUT2D eigenvalue weighted by molar-refractivity contribution is 6.34. The highest BCUT2D eigenvalue weighted by Crippen LogP contribution is 2.26. The third-order valence-corrected chi connectivity index (χ3v) is 3.61. The van der Waals surface area contributed by atoms with Gasteiger partial charge >= 0.3 is 0 Å². The summed E-state index contributed by atoms with van der Waals surface area (Å²) in [6.45, 7) is 4.77. The lowest BCUT2D eigenvalue weighted by molar-refractivity contribution is 0.0532. The third-order valence-electron chi connectivity index (χ3n) is 3.31. The number of aromatic nitrogens is 1. The van der Waals surface area contributed by atoms with Crippen molar-refractivity contribution in [3.63, 3.8) is 0 Å². The molecule has 4 heteroatoms. The van der Waals surface area contributed by atoms with Crippen LogP contribution in [0, 0.1) is 0 Å². The lowest BCUT2D eigenvalue weighted by Gasteiger charge is -2.33. The van der Waals surface area contributed by atoms with Crippen molar-refractivity contribution >= 4 is 28.1 Å². The fraction of sp³-hybridized carbons (Fsp3) is 0.357. The Bertz CT molecular complexity index is 573. The first-order valence-corrected chi connectivity index (χ1v) is 6.52. The molecule has 0 bridgehead atoms. The third kappa shape index (κ3) is 2.16. The number of nitrogens with zero attached hydrogens (tertiary/aromatic N) is 2. The Morgan fingerprint density at radius 2 is 2.28 bits per heavy atom. The van der Waals surface area contributed by atoms with E-state index < -0.39 is 0 Å². The van der Waals surface area contributed by atoms with E-state index in [4.69, 9.17) is 16.3 Å². The number of hydrogen-bond acceptors (Lipinski definition) is 3. The molecule has 2 aromatic rings. The summed E-state index contributed by atoms with van der Waals surface area (Å²) in [7, 11) is 0. The number of benzene rings is 1. The van der Waals surface area contributed by atoms with E-state index in [1.165, 1.54) is 5.69 Å². The molecule has 0 radical (unpaired) electrons. The van der Waals surface area contributed by atoms with Gasteiger partial charge in [0.25, 0.3) is 0 Å². The van der Waals surface area contributed by atoms with Crippen LogP contribution < -0.4 is 4.90 Å². The Morgan fingerprint density at radius 1 is 1.39 bits per heavy atom. The first kappa shape index (κ1) is 11.8. The van der Waals surface area contributed by atoms with Gasteiger partial charge in [0.2, 0.25) is 0 Å². The van der Waals surface area contributed by atoms with E-state index in [9.17, 15) is 0 Å². The molecule has 94 valence electrons. The van der Waals surface area contributed by atoms with Gasteiger partial charge in [-0.3, -0.25) is 0 Å². The van der Waals surface area contributed by atoms with Gasteiger partial charge in [0, 0.05) is 30.4 Å². The van der Waals surface area contributed by atoms with E-state index >= 15 is 0 Å². The molecule has 3 nitrogen and oxygen atoms in total. The quantitative estimate of drug-likeness (QED) is 0.739. The molecule has 3 rings (SSSR count). The lowest BCUT2D eigenvalue weighted by Crippen LogP contribution is -2.41. The van der Waals surface area contributed by atoms with Crippen molar-refractivity contribution in [3.8, 4) is 0 Å². The largest absolute Gasteiger partial charge is 0.375 e. The van der Waals surface area contributed by atoms with Gasteiger partial charge < -0.3 is 9.64 Å². The summed E-state index contributed by atoms with van der Waals surface area (Å²) in [5, 5.41) is 2.70. The van der Waals surface area contributed by atoms with Crippen LogP contribution in [0.5, 0.6) is 0 Å². The highest BCUT2D eigenvalue weighted by Gasteiger charge is 2.17. The average Bonchev–Trinajstić information content (AvgIpc) is 2.39. The first-order chi connectivity index (χ1) is 8.74. The fourth-order valence-corrected chi connectivity index (χ4v) is 2.61. The molecular weight excluding hydrogens is 248 g/mol. The summed E-state index contributed by atoms with van der Waals surface area (Å²) in [6.07, 6.45) is 2.03. The van der Waals surface area contributed by atoms with E-state index in [1.807, 2.05) is 12.1 Å². The Kier molecular flexibility index (Phi) is 3.10. The summed E-state index contributed by atoms with van der Waals surface area (Å²) >= 11 is 6.07. The van der Waals surface area contributed by atoms with Crippen LogP contribution in [-0.4, -0.2) is 30.8 Å². The normalized spacial score (nSPS) is 20.3. The minimum Gasteiger partial charge on any atom is -0.375 e. The molecule has 1 atom stereocenters. The number of anilines is 1. The van der Waals surface area contributed by atoms with Gasteiger partial charge in [0.05, 0.1) is 12.7 Å². The van der Waals surface area contributed by atoms with Crippen LogP contribution in [0.4, 0.5) is 5.69 Å². The molecule has 1 aromatic carbocycles. The molecule has 1 unspecified atom stereocenters. The second-order valence-electron chi connectivity index (χ2n) is 4.63. The van der Waals surface area contributed by atoms with Crippen molar-refractivity contribution < 1.29 is 4.74 Å². The molecule has 2 heterocycles. The van der Waals surface area contributed by atoms with E-state index in [-0.39, 0.29) is 6.10 Å². The Morgan fingerprint density at radius 3 is 3.11 bits per heavy atom.